The lowest BCUT2D eigenvalue weighted by Gasteiger charge is -2.24. The van der Waals surface area contributed by atoms with Crippen molar-refractivity contribution in [2.24, 2.45) is 0 Å². The van der Waals surface area contributed by atoms with E-state index >= 15 is 0 Å². The maximum atomic E-state index is 13.5. The van der Waals surface area contributed by atoms with Gasteiger partial charge < -0.3 is 14.4 Å². The van der Waals surface area contributed by atoms with Crippen molar-refractivity contribution in [1.82, 2.24) is 9.88 Å². The Balaban J connectivity index is 1.80. The van der Waals surface area contributed by atoms with Crippen LogP contribution in [0.25, 0.3) is 22.2 Å². The third-order valence-electron chi connectivity index (χ3n) is 5.88. The maximum Gasteiger partial charge on any atom is 0.264 e. The molecule has 0 radical (unpaired) electrons. The Morgan fingerprint density at radius 3 is 2.56 bits per heavy atom. The highest BCUT2D eigenvalue weighted by Gasteiger charge is 2.21. The number of carbonyl (C=O) groups is 1. The van der Waals surface area contributed by atoms with Crippen LogP contribution in [0.1, 0.15) is 32.1 Å². The molecular formula is C28H30N2O3S. The Labute approximate surface area is 205 Å². The van der Waals surface area contributed by atoms with Crippen molar-refractivity contribution in [2.75, 3.05) is 27.4 Å². The van der Waals surface area contributed by atoms with Crippen LogP contribution in [0.3, 0.4) is 0 Å². The second kappa shape index (κ2) is 10.8. The molecule has 5 nitrogen and oxygen atoms in total. The first-order valence-corrected chi connectivity index (χ1v) is 12.2. The molecule has 0 spiro atoms. The first kappa shape index (κ1) is 23.9. The van der Waals surface area contributed by atoms with Gasteiger partial charge in [0.1, 0.15) is 5.75 Å². The van der Waals surface area contributed by atoms with E-state index in [1.54, 1.807) is 14.2 Å². The number of nitrogens with zero attached hydrogens (tertiary/aromatic N) is 2. The van der Waals surface area contributed by atoms with Crippen molar-refractivity contribution in [2.45, 2.75) is 26.8 Å². The molecular weight excluding hydrogens is 444 g/mol. The van der Waals surface area contributed by atoms with Crippen LogP contribution in [0, 0.1) is 13.8 Å². The number of fused-ring (bicyclic) bond motifs is 1. The zero-order chi connectivity index (χ0) is 24.1. The molecule has 0 bridgehead atoms. The number of hydrogen-bond donors (Lipinski definition) is 0. The summed E-state index contributed by atoms with van der Waals surface area (Å²) in [6.07, 6.45) is 0.768. The highest BCUT2D eigenvalue weighted by atomic mass is 32.1. The summed E-state index contributed by atoms with van der Waals surface area (Å²) in [4.78, 5) is 22.3. The molecule has 0 N–H and O–H groups in total. The van der Waals surface area contributed by atoms with Crippen molar-refractivity contribution < 1.29 is 14.3 Å². The molecule has 0 aliphatic rings. The zero-order valence-corrected chi connectivity index (χ0v) is 20.9. The van der Waals surface area contributed by atoms with Gasteiger partial charge in [-0.15, -0.1) is 11.3 Å². The summed E-state index contributed by atoms with van der Waals surface area (Å²) in [7, 11) is 3.35. The average molecular weight is 475 g/mol. The number of hydrogen-bond acceptors (Lipinski definition) is 5. The Morgan fingerprint density at radius 1 is 1.03 bits per heavy atom. The van der Waals surface area contributed by atoms with E-state index in [2.05, 4.69) is 25.1 Å². The number of methoxy groups -OCH3 is 2. The van der Waals surface area contributed by atoms with E-state index in [4.69, 9.17) is 14.5 Å². The standard InChI is InChI=1S/C28H30N2O3S/c1-19-8-5-6-9-24(19)27-22(16-21-11-12-23(33-4)17-25(21)29-27)18-30(14-7-15-32-3)28(31)26-13-10-20(2)34-26/h5-6,8-13,16-17H,7,14-15,18H2,1-4H3. The topological polar surface area (TPSA) is 51.7 Å². The molecule has 6 heteroatoms. The Hall–Kier alpha value is -3.22. The molecule has 1 amide bonds. The van der Waals surface area contributed by atoms with Crippen molar-refractivity contribution in [3.8, 4) is 17.0 Å². The summed E-state index contributed by atoms with van der Waals surface area (Å²) < 4.78 is 10.7. The molecule has 0 saturated heterocycles. The van der Waals surface area contributed by atoms with Gasteiger partial charge in [-0.25, -0.2) is 4.98 Å². The Bertz CT molecular complexity index is 1300. The summed E-state index contributed by atoms with van der Waals surface area (Å²) in [6.45, 7) is 5.80. The highest BCUT2D eigenvalue weighted by Crippen LogP contribution is 2.31. The molecule has 34 heavy (non-hydrogen) atoms. The van der Waals surface area contributed by atoms with Crippen LogP contribution < -0.4 is 4.74 Å². The predicted octanol–water partition coefficient (Wildman–Crippen LogP) is 6.27. The normalized spacial score (nSPS) is 11.1. The SMILES string of the molecule is COCCCN(Cc1cc2ccc(OC)cc2nc1-c1ccccc1C)C(=O)c1ccc(C)s1. The lowest BCUT2D eigenvalue weighted by molar-refractivity contribution is 0.0728. The van der Waals surface area contributed by atoms with E-state index in [0.717, 1.165) is 55.2 Å². The molecule has 2 aromatic heterocycles. The third kappa shape index (κ3) is 5.29. The van der Waals surface area contributed by atoms with Gasteiger partial charge in [-0.2, -0.15) is 0 Å². The maximum absolute atomic E-state index is 13.5. The number of amides is 1. The molecule has 4 aromatic rings. The number of ether oxygens (including phenoxy) is 2. The second-order valence-corrected chi connectivity index (χ2v) is 9.64. The quantitative estimate of drug-likeness (QED) is 0.268. The predicted molar refractivity (Wildman–Crippen MR) is 139 cm³/mol. The van der Waals surface area contributed by atoms with Gasteiger partial charge in [0.15, 0.2) is 0 Å². The van der Waals surface area contributed by atoms with Gasteiger partial charge in [-0.05, 0) is 61.7 Å². The lowest BCUT2D eigenvalue weighted by atomic mass is 9.99. The number of aromatic nitrogens is 1. The molecule has 2 aromatic carbocycles. The summed E-state index contributed by atoms with van der Waals surface area (Å²) >= 11 is 1.53. The van der Waals surface area contributed by atoms with Gasteiger partial charge in [0.05, 0.1) is 23.2 Å². The third-order valence-corrected chi connectivity index (χ3v) is 6.87. The number of aryl methyl sites for hydroxylation is 2. The molecule has 0 saturated carbocycles. The summed E-state index contributed by atoms with van der Waals surface area (Å²) in [6, 6.07) is 20.2. The molecule has 0 aliphatic heterocycles. The smallest absolute Gasteiger partial charge is 0.264 e. The summed E-state index contributed by atoms with van der Waals surface area (Å²) in [5, 5.41) is 1.02. The fourth-order valence-corrected chi connectivity index (χ4v) is 4.91. The number of rotatable bonds is 9. The highest BCUT2D eigenvalue weighted by molar-refractivity contribution is 7.13. The number of thiophene rings is 1. The van der Waals surface area contributed by atoms with Crippen LogP contribution in [0.4, 0.5) is 0 Å². The van der Waals surface area contributed by atoms with E-state index in [-0.39, 0.29) is 5.91 Å². The van der Waals surface area contributed by atoms with Gasteiger partial charge >= 0.3 is 0 Å². The van der Waals surface area contributed by atoms with E-state index in [1.807, 2.05) is 54.3 Å². The van der Waals surface area contributed by atoms with Gasteiger partial charge in [0, 0.05) is 48.7 Å². The largest absolute Gasteiger partial charge is 0.497 e. The van der Waals surface area contributed by atoms with Crippen LogP contribution in [-0.2, 0) is 11.3 Å². The number of pyridine rings is 1. The second-order valence-electron chi connectivity index (χ2n) is 8.35. The van der Waals surface area contributed by atoms with Gasteiger partial charge in [-0.1, -0.05) is 24.3 Å². The fourth-order valence-electron chi connectivity index (χ4n) is 4.07. The fraction of sp³-hybridized carbons (Fsp3) is 0.286. The minimum atomic E-state index is 0.0414. The van der Waals surface area contributed by atoms with Gasteiger partial charge in [-0.3, -0.25) is 4.79 Å². The van der Waals surface area contributed by atoms with Crippen LogP contribution in [0.15, 0.2) is 60.7 Å². The Morgan fingerprint density at radius 2 is 1.85 bits per heavy atom. The van der Waals surface area contributed by atoms with Crippen molar-refractivity contribution in [3.05, 3.63) is 81.5 Å². The van der Waals surface area contributed by atoms with Gasteiger partial charge in [0.2, 0.25) is 0 Å². The zero-order valence-electron chi connectivity index (χ0n) is 20.1. The monoisotopic (exact) mass is 474 g/mol. The molecule has 0 unspecified atom stereocenters. The van der Waals surface area contributed by atoms with Crippen LogP contribution >= 0.6 is 11.3 Å². The Kier molecular flexibility index (Phi) is 7.60. The van der Waals surface area contributed by atoms with Gasteiger partial charge in [0.25, 0.3) is 5.91 Å². The minimum absolute atomic E-state index is 0.0414. The summed E-state index contributed by atoms with van der Waals surface area (Å²) in [5.41, 5.74) is 4.99. The average Bonchev–Trinajstić information content (AvgIpc) is 3.29. The lowest BCUT2D eigenvalue weighted by Crippen LogP contribution is -2.32. The molecule has 4 rings (SSSR count). The number of benzene rings is 2. The summed E-state index contributed by atoms with van der Waals surface area (Å²) in [5.74, 6) is 0.813. The van der Waals surface area contributed by atoms with E-state index in [1.165, 1.54) is 11.3 Å². The van der Waals surface area contributed by atoms with Crippen molar-refractivity contribution in [1.29, 1.82) is 0 Å². The van der Waals surface area contributed by atoms with Crippen molar-refractivity contribution >= 4 is 28.1 Å². The first-order valence-electron chi connectivity index (χ1n) is 11.4. The molecule has 176 valence electrons. The minimum Gasteiger partial charge on any atom is -0.497 e. The first-order chi connectivity index (χ1) is 16.5. The van der Waals surface area contributed by atoms with Crippen LogP contribution in [-0.4, -0.2) is 43.2 Å². The van der Waals surface area contributed by atoms with Crippen LogP contribution in [0.2, 0.25) is 0 Å². The van der Waals surface area contributed by atoms with E-state index in [9.17, 15) is 4.79 Å². The van der Waals surface area contributed by atoms with Crippen LogP contribution in [0.5, 0.6) is 5.75 Å². The molecule has 0 fully saturated rings. The van der Waals surface area contributed by atoms with Crippen molar-refractivity contribution in [3.63, 3.8) is 0 Å². The number of carbonyl (C=O) groups excluding carboxylic acids is 1. The molecule has 0 aliphatic carbocycles. The molecule has 0 atom stereocenters. The molecule has 2 heterocycles. The van der Waals surface area contributed by atoms with E-state index in [0.29, 0.717) is 19.7 Å². The van der Waals surface area contributed by atoms with E-state index < -0.39 is 0 Å².